The van der Waals surface area contributed by atoms with Crippen molar-refractivity contribution in [3.05, 3.63) is 94.1 Å². The molecule has 1 N–H and O–H groups in total. The molecule has 0 radical (unpaired) electrons. The Bertz CT molecular complexity index is 1210. The van der Waals surface area contributed by atoms with Crippen LogP contribution in [-0.2, 0) is 6.42 Å². The number of rotatable bonds is 5. The molecule has 6 heteroatoms. The van der Waals surface area contributed by atoms with Crippen molar-refractivity contribution in [3.8, 4) is 11.6 Å². The Labute approximate surface area is 204 Å². The van der Waals surface area contributed by atoms with Crippen LogP contribution in [0, 0.1) is 0 Å². The highest BCUT2D eigenvalue weighted by Crippen LogP contribution is 2.38. The van der Waals surface area contributed by atoms with E-state index < -0.39 is 5.97 Å². The molecule has 0 unspecified atom stereocenters. The smallest absolute Gasteiger partial charge is 0.335 e. The van der Waals surface area contributed by atoms with Gasteiger partial charge in [0.15, 0.2) is 0 Å². The fraction of sp³-hybridized carbons (Fsp3) is 0.286. The number of aromatic carboxylic acids is 1. The highest BCUT2D eigenvalue weighted by molar-refractivity contribution is 6.30. The molecule has 0 saturated carbocycles. The molecule has 0 aliphatic carbocycles. The summed E-state index contributed by atoms with van der Waals surface area (Å²) in [5.74, 6) is 0.899. The van der Waals surface area contributed by atoms with Crippen molar-refractivity contribution < 1.29 is 14.6 Å². The van der Waals surface area contributed by atoms with Crippen LogP contribution in [0.4, 0.5) is 0 Å². The Morgan fingerprint density at radius 1 is 1.15 bits per heavy atom. The number of allylic oxidation sites excluding steroid dienone is 1. The maximum absolute atomic E-state index is 11.5. The van der Waals surface area contributed by atoms with Crippen LogP contribution in [0.5, 0.6) is 11.6 Å². The molecule has 1 fully saturated rings. The molecule has 34 heavy (non-hydrogen) atoms. The third-order valence-electron chi connectivity index (χ3n) is 6.78. The summed E-state index contributed by atoms with van der Waals surface area (Å²) in [5.41, 5.74) is 4.61. The molecule has 174 valence electrons. The van der Waals surface area contributed by atoms with E-state index in [9.17, 15) is 9.90 Å². The summed E-state index contributed by atoms with van der Waals surface area (Å²) in [6.45, 7) is 3.17. The second-order valence-electron chi connectivity index (χ2n) is 8.95. The summed E-state index contributed by atoms with van der Waals surface area (Å²) < 4.78 is 6.06. The molecule has 0 atom stereocenters. The molecule has 1 saturated heterocycles. The van der Waals surface area contributed by atoms with E-state index in [4.69, 9.17) is 16.3 Å². The SMILES string of the molecule is O=C(O)c1ccc2c(c1)C/C(=C/CCN1CCC(c3ccc(Cl)cc3)CC1)c1cccnc1O2. The van der Waals surface area contributed by atoms with Gasteiger partial charge in [-0.15, -0.1) is 0 Å². The lowest BCUT2D eigenvalue weighted by molar-refractivity contribution is 0.0696. The number of carboxylic acid groups (broad SMARTS) is 1. The van der Waals surface area contributed by atoms with Crippen LogP contribution < -0.4 is 4.74 Å². The molecule has 0 bridgehead atoms. The highest BCUT2D eigenvalue weighted by atomic mass is 35.5. The standard InChI is InChI=1S/C28H27ClN2O3/c29-24-8-5-19(6-9-24)20-11-15-31(16-12-20)14-2-3-21-17-23-18-22(28(32)33)7-10-26(23)34-27-25(21)4-1-13-30-27/h1,3-10,13,18,20H,2,11-12,14-17H2,(H,32,33)/b21-3-. The van der Waals surface area contributed by atoms with E-state index >= 15 is 0 Å². The highest BCUT2D eigenvalue weighted by Gasteiger charge is 2.22. The number of carboxylic acids is 1. The van der Waals surface area contributed by atoms with E-state index in [0.29, 0.717) is 24.0 Å². The zero-order chi connectivity index (χ0) is 23.5. The number of fused-ring (bicyclic) bond motifs is 2. The zero-order valence-electron chi connectivity index (χ0n) is 18.9. The van der Waals surface area contributed by atoms with Crippen LogP contribution in [0.3, 0.4) is 0 Å². The molecular formula is C28H27ClN2O3. The van der Waals surface area contributed by atoms with Gasteiger partial charge in [-0.05, 0) is 91.9 Å². The summed E-state index contributed by atoms with van der Waals surface area (Å²) in [6, 6.07) is 17.2. The van der Waals surface area contributed by atoms with Crippen molar-refractivity contribution in [2.24, 2.45) is 0 Å². The Morgan fingerprint density at radius 3 is 2.71 bits per heavy atom. The van der Waals surface area contributed by atoms with E-state index in [1.54, 1.807) is 24.4 Å². The van der Waals surface area contributed by atoms with E-state index in [-0.39, 0.29) is 5.56 Å². The van der Waals surface area contributed by atoms with Crippen LogP contribution in [0.1, 0.15) is 52.2 Å². The van der Waals surface area contributed by atoms with Gasteiger partial charge in [-0.2, -0.15) is 0 Å². The number of piperidine rings is 1. The number of hydrogen-bond acceptors (Lipinski definition) is 4. The Hall–Kier alpha value is -3.15. The van der Waals surface area contributed by atoms with Crippen molar-refractivity contribution in [3.63, 3.8) is 0 Å². The predicted octanol–water partition coefficient (Wildman–Crippen LogP) is 6.43. The third-order valence-corrected chi connectivity index (χ3v) is 7.03. The summed E-state index contributed by atoms with van der Waals surface area (Å²) in [7, 11) is 0. The molecule has 2 aromatic carbocycles. The fourth-order valence-electron chi connectivity index (χ4n) is 4.90. The number of hydrogen-bond donors (Lipinski definition) is 1. The minimum Gasteiger partial charge on any atom is -0.478 e. The van der Waals surface area contributed by atoms with E-state index in [1.807, 2.05) is 24.3 Å². The molecule has 5 nitrogen and oxygen atoms in total. The number of pyridine rings is 1. The van der Waals surface area contributed by atoms with Crippen molar-refractivity contribution in [2.75, 3.05) is 19.6 Å². The van der Waals surface area contributed by atoms with E-state index in [0.717, 1.165) is 60.6 Å². The molecule has 1 aromatic heterocycles. The zero-order valence-corrected chi connectivity index (χ0v) is 19.7. The number of likely N-dealkylation sites (tertiary alicyclic amines) is 1. The first kappa shape index (κ1) is 22.6. The lowest BCUT2D eigenvalue weighted by atomic mass is 9.89. The number of nitrogens with zero attached hydrogens (tertiary/aromatic N) is 2. The van der Waals surface area contributed by atoms with Gasteiger partial charge < -0.3 is 14.7 Å². The van der Waals surface area contributed by atoms with Crippen molar-refractivity contribution >= 4 is 23.1 Å². The fourth-order valence-corrected chi connectivity index (χ4v) is 5.03. The van der Waals surface area contributed by atoms with Gasteiger partial charge in [0, 0.05) is 35.3 Å². The van der Waals surface area contributed by atoms with Gasteiger partial charge in [-0.25, -0.2) is 9.78 Å². The van der Waals surface area contributed by atoms with E-state index in [1.165, 1.54) is 5.56 Å². The Kier molecular flexibility index (Phi) is 6.66. The largest absolute Gasteiger partial charge is 0.478 e. The quantitative estimate of drug-likeness (QED) is 0.461. The summed E-state index contributed by atoms with van der Waals surface area (Å²) in [4.78, 5) is 18.4. The molecular weight excluding hydrogens is 448 g/mol. The van der Waals surface area contributed by atoms with Gasteiger partial charge in [0.25, 0.3) is 0 Å². The third kappa shape index (κ3) is 5.01. The Morgan fingerprint density at radius 2 is 1.94 bits per heavy atom. The average Bonchev–Trinajstić information content (AvgIpc) is 3.01. The summed E-state index contributed by atoms with van der Waals surface area (Å²) >= 11 is 6.03. The molecule has 0 amide bonds. The molecule has 2 aliphatic heterocycles. The van der Waals surface area contributed by atoms with Gasteiger partial charge in [-0.3, -0.25) is 0 Å². The monoisotopic (exact) mass is 474 g/mol. The number of halogens is 1. The number of ether oxygens (including phenoxy) is 1. The van der Waals surface area contributed by atoms with Gasteiger partial charge in [0.1, 0.15) is 5.75 Å². The topological polar surface area (TPSA) is 62.7 Å². The first-order valence-electron chi connectivity index (χ1n) is 11.7. The van der Waals surface area contributed by atoms with Crippen LogP contribution in [-0.4, -0.2) is 40.6 Å². The lowest BCUT2D eigenvalue weighted by Crippen LogP contribution is -2.33. The van der Waals surface area contributed by atoms with Crippen molar-refractivity contribution in [1.29, 1.82) is 0 Å². The number of carbonyl (C=O) groups is 1. The number of benzene rings is 2. The maximum Gasteiger partial charge on any atom is 0.335 e. The minimum absolute atomic E-state index is 0.268. The van der Waals surface area contributed by atoms with Crippen molar-refractivity contribution in [2.45, 2.75) is 31.6 Å². The average molecular weight is 475 g/mol. The van der Waals surface area contributed by atoms with Gasteiger partial charge in [-0.1, -0.05) is 29.8 Å². The molecule has 3 aromatic rings. The van der Waals surface area contributed by atoms with Crippen LogP contribution in [0.25, 0.3) is 5.57 Å². The van der Waals surface area contributed by atoms with Crippen LogP contribution in [0.15, 0.2) is 66.9 Å². The summed E-state index contributed by atoms with van der Waals surface area (Å²) in [5, 5.41) is 10.2. The van der Waals surface area contributed by atoms with Gasteiger partial charge in [0.05, 0.1) is 5.56 Å². The van der Waals surface area contributed by atoms with Gasteiger partial charge in [0.2, 0.25) is 5.88 Å². The number of aromatic nitrogens is 1. The van der Waals surface area contributed by atoms with Crippen molar-refractivity contribution in [1.82, 2.24) is 9.88 Å². The minimum atomic E-state index is -0.935. The van der Waals surface area contributed by atoms with E-state index in [2.05, 4.69) is 28.1 Å². The lowest BCUT2D eigenvalue weighted by Gasteiger charge is -2.32. The Balaban J connectivity index is 1.27. The molecule has 2 aliphatic rings. The molecule has 0 spiro atoms. The van der Waals surface area contributed by atoms with Gasteiger partial charge >= 0.3 is 5.97 Å². The molecule has 5 rings (SSSR count). The summed E-state index contributed by atoms with van der Waals surface area (Å²) in [6.07, 6.45) is 7.83. The predicted molar refractivity (Wildman–Crippen MR) is 134 cm³/mol. The van der Waals surface area contributed by atoms with Crippen LogP contribution in [0.2, 0.25) is 5.02 Å². The maximum atomic E-state index is 11.5. The first-order valence-corrected chi connectivity index (χ1v) is 12.1. The normalized spacial score (nSPS) is 17.5. The van der Waals surface area contributed by atoms with Crippen LogP contribution >= 0.6 is 11.6 Å². The molecule has 3 heterocycles. The second-order valence-corrected chi connectivity index (χ2v) is 9.38. The first-order chi connectivity index (χ1) is 16.6. The second kappa shape index (κ2) is 10.00.